The SMILES string of the molecule is CC.CC(=O)c1c(C)ccnc1F. The Morgan fingerprint density at radius 3 is 2.31 bits per heavy atom. The van der Waals surface area contributed by atoms with Gasteiger partial charge in [0.15, 0.2) is 5.78 Å². The Balaban J connectivity index is 0.000000671. The van der Waals surface area contributed by atoms with Crippen LogP contribution in [0.4, 0.5) is 4.39 Å². The fraction of sp³-hybridized carbons (Fsp3) is 0.400. The highest BCUT2D eigenvalue weighted by atomic mass is 19.1. The van der Waals surface area contributed by atoms with Gasteiger partial charge in [0.25, 0.3) is 0 Å². The van der Waals surface area contributed by atoms with Crippen molar-refractivity contribution in [3.63, 3.8) is 0 Å². The van der Waals surface area contributed by atoms with Gasteiger partial charge in [-0.15, -0.1) is 0 Å². The number of carbonyl (C=O) groups excluding carboxylic acids is 1. The number of halogens is 1. The van der Waals surface area contributed by atoms with Crippen molar-refractivity contribution in [1.29, 1.82) is 0 Å². The average Bonchev–Trinajstić information content (AvgIpc) is 2.07. The molecule has 0 aliphatic heterocycles. The predicted octanol–water partition coefficient (Wildman–Crippen LogP) is 2.76. The Hall–Kier alpha value is -1.25. The van der Waals surface area contributed by atoms with Gasteiger partial charge in [-0.05, 0) is 25.5 Å². The number of aryl methyl sites for hydroxylation is 1. The zero-order valence-corrected chi connectivity index (χ0v) is 8.39. The predicted molar refractivity (Wildman–Crippen MR) is 50.3 cm³/mol. The van der Waals surface area contributed by atoms with Crippen LogP contribution in [0.3, 0.4) is 0 Å². The second-order valence-corrected chi connectivity index (χ2v) is 2.35. The first-order valence-electron chi connectivity index (χ1n) is 4.25. The Morgan fingerprint density at radius 2 is 2.00 bits per heavy atom. The third-order valence-electron chi connectivity index (χ3n) is 1.47. The van der Waals surface area contributed by atoms with Crippen molar-refractivity contribution in [2.75, 3.05) is 0 Å². The van der Waals surface area contributed by atoms with Crippen LogP contribution in [0.5, 0.6) is 0 Å². The Morgan fingerprint density at radius 1 is 1.46 bits per heavy atom. The van der Waals surface area contributed by atoms with Crippen LogP contribution in [-0.4, -0.2) is 10.8 Å². The molecule has 0 amide bonds. The Bertz CT molecular complexity index is 277. The van der Waals surface area contributed by atoms with Crippen molar-refractivity contribution in [3.8, 4) is 0 Å². The molecule has 0 aliphatic rings. The zero-order valence-electron chi connectivity index (χ0n) is 8.39. The van der Waals surface area contributed by atoms with Crippen molar-refractivity contribution in [2.45, 2.75) is 27.7 Å². The number of Topliss-reactive ketones (excluding diaryl/α,β-unsaturated/α-hetero) is 1. The van der Waals surface area contributed by atoms with Crippen molar-refractivity contribution >= 4 is 5.78 Å². The molecular weight excluding hydrogens is 169 g/mol. The summed E-state index contributed by atoms with van der Waals surface area (Å²) in [6, 6.07) is 1.61. The minimum atomic E-state index is -0.683. The largest absolute Gasteiger partial charge is 0.294 e. The minimum Gasteiger partial charge on any atom is -0.294 e. The van der Waals surface area contributed by atoms with E-state index in [-0.39, 0.29) is 11.3 Å². The Labute approximate surface area is 77.8 Å². The van der Waals surface area contributed by atoms with Gasteiger partial charge in [-0.2, -0.15) is 4.39 Å². The monoisotopic (exact) mass is 183 g/mol. The first-order chi connectivity index (χ1) is 6.13. The molecular formula is C10H14FNO. The minimum absolute atomic E-state index is 0.0903. The number of hydrogen-bond acceptors (Lipinski definition) is 2. The van der Waals surface area contributed by atoms with Crippen LogP contribution in [0.2, 0.25) is 0 Å². The van der Waals surface area contributed by atoms with Crippen LogP contribution < -0.4 is 0 Å². The van der Waals surface area contributed by atoms with Gasteiger partial charge in [0, 0.05) is 6.20 Å². The first-order valence-corrected chi connectivity index (χ1v) is 4.25. The zero-order chi connectivity index (χ0) is 10.4. The molecule has 0 bridgehead atoms. The highest BCUT2D eigenvalue weighted by Crippen LogP contribution is 2.09. The summed E-state index contributed by atoms with van der Waals surface area (Å²) in [5, 5.41) is 0. The fourth-order valence-electron chi connectivity index (χ4n) is 0.948. The van der Waals surface area contributed by atoms with E-state index in [1.165, 1.54) is 13.1 Å². The number of ketones is 1. The van der Waals surface area contributed by atoms with E-state index in [9.17, 15) is 9.18 Å². The molecule has 0 atom stereocenters. The molecule has 1 rings (SSSR count). The van der Waals surface area contributed by atoms with Crippen molar-refractivity contribution in [1.82, 2.24) is 4.98 Å². The molecule has 72 valence electrons. The number of carbonyl (C=O) groups is 1. The number of nitrogens with zero attached hydrogens (tertiary/aromatic N) is 1. The van der Waals surface area contributed by atoms with E-state index in [0.29, 0.717) is 5.56 Å². The van der Waals surface area contributed by atoms with Crippen molar-refractivity contribution in [2.24, 2.45) is 0 Å². The maximum atomic E-state index is 12.8. The normalized spacial score (nSPS) is 8.69. The van der Waals surface area contributed by atoms with Gasteiger partial charge in [-0.25, -0.2) is 4.98 Å². The van der Waals surface area contributed by atoms with Gasteiger partial charge >= 0.3 is 0 Å². The molecule has 0 saturated carbocycles. The summed E-state index contributed by atoms with van der Waals surface area (Å²) in [5.74, 6) is -0.967. The van der Waals surface area contributed by atoms with E-state index in [0.717, 1.165) is 0 Å². The second kappa shape index (κ2) is 5.41. The molecule has 0 unspecified atom stereocenters. The standard InChI is InChI=1S/C8H8FNO.C2H6/c1-5-3-4-10-8(9)7(5)6(2)11;1-2/h3-4H,1-2H3;1-2H3. The molecule has 1 heterocycles. The van der Waals surface area contributed by atoms with Gasteiger partial charge < -0.3 is 0 Å². The Kier molecular flexibility index (Phi) is 4.89. The molecule has 1 aromatic rings. The van der Waals surface area contributed by atoms with Crippen LogP contribution in [0, 0.1) is 12.9 Å². The molecule has 3 heteroatoms. The lowest BCUT2D eigenvalue weighted by Crippen LogP contribution is -2.02. The summed E-state index contributed by atoms with van der Waals surface area (Å²) in [7, 11) is 0. The third-order valence-corrected chi connectivity index (χ3v) is 1.47. The molecule has 0 fully saturated rings. The average molecular weight is 183 g/mol. The molecule has 0 spiro atoms. The molecule has 0 radical (unpaired) electrons. The van der Waals surface area contributed by atoms with E-state index in [2.05, 4.69) is 4.98 Å². The molecule has 0 N–H and O–H groups in total. The van der Waals surface area contributed by atoms with E-state index < -0.39 is 5.95 Å². The van der Waals surface area contributed by atoms with E-state index in [1.54, 1.807) is 13.0 Å². The second-order valence-electron chi connectivity index (χ2n) is 2.35. The lowest BCUT2D eigenvalue weighted by atomic mass is 10.1. The quantitative estimate of drug-likeness (QED) is 0.495. The molecule has 13 heavy (non-hydrogen) atoms. The topological polar surface area (TPSA) is 30.0 Å². The van der Waals surface area contributed by atoms with E-state index in [1.807, 2.05) is 13.8 Å². The fourth-order valence-corrected chi connectivity index (χ4v) is 0.948. The van der Waals surface area contributed by atoms with E-state index in [4.69, 9.17) is 0 Å². The summed E-state index contributed by atoms with van der Waals surface area (Å²) in [6.45, 7) is 7.01. The summed E-state index contributed by atoms with van der Waals surface area (Å²) in [4.78, 5) is 14.2. The number of aromatic nitrogens is 1. The van der Waals surface area contributed by atoms with Gasteiger partial charge in [0.2, 0.25) is 5.95 Å². The molecule has 1 aromatic heterocycles. The maximum absolute atomic E-state index is 12.8. The van der Waals surface area contributed by atoms with Crippen LogP contribution >= 0.6 is 0 Å². The third kappa shape index (κ3) is 2.93. The van der Waals surface area contributed by atoms with Crippen molar-refractivity contribution in [3.05, 3.63) is 29.3 Å². The van der Waals surface area contributed by atoms with Crippen molar-refractivity contribution < 1.29 is 9.18 Å². The molecule has 2 nitrogen and oxygen atoms in total. The maximum Gasteiger partial charge on any atom is 0.223 e. The summed E-state index contributed by atoms with van der Waals surface area (Å²) in [5.41, 5.74) is 0.720. The lowest BCUT2D eigenvalue weighted by Gasteiger charge is -1.99. The van der Waals surface area contributed by atoms with Crippen LogP contribution in [0.1, 0.15) is 36.7 Å². The van der Waals surface area contributed by atoms with Gasteiger partial charge in [0.1, 0.15) is 0 Å². The molecule has 0 aliphatic carbocycles. The summed E-state index contributed by atoms with van der Waals surface area (Å²) < 4.78 is 12.8. The van der Waals surface area contributed by atoms with Gasteiger partial charge in [-0.1, -0.05) is 13.8 Å². The number of rotatable bonds is 1. The molecule has 0 aromatic carbocycles. The highest BCUT2D eigenvalue weighted by molar-refractivity contribution is 5.95. The van der Waals surface area contributed by atoms with Crippen LogP contribution in [-0.2, 0) is 0 Å². The summed E-state index contributed by atoms with van der Waals surface area (Å²) >= 11 is 0. The highest BCUT2D eigenvalue weighted by Gasteiger charge is 2.09. The smallest absolute Gasteiger partial charge is 0.223 e. The van der Waals surface area contributed by atoms with Gasteiger partial charge in [-0.3, -0.25) is 4.79 Å². The number of pyridine rings is 1. The van der Waals surface area contributed by atoms with E-state index >= 15 is 0 Å². The first kappa shape index (κ1) is 11.8. The molecule has 0 saturated heterocycles. The van der Waals surface area contributed by atoms with Crippen LogP contribution in [0.25, 0.3) is 0 Å². The summed E-state index contributed by atoms with van der Waals surface area (Å²) in [6.07, 6.45) is 1.34. The van der Waals surface area contributed by atoms with Crippen LogP contribution in [0.15, 0.2) is 12.3 Å². The van der Waals surface area contributed by atoms with Gasteiger partial charge in [0.05, 0.1) is 5.56 Å². The number of hydrogen-bond donors (Lipinski definition) is 0. The lowest BCUT2D eigenvalue weighted by molar-refractivity contribution is 0.101.